The molecule has 0 amide bonds. The van der Waals surface area contributed by atoms with Gasteiger partial charge in [0.2, 0.25) is 0 Å². The van der Waals surface area contributed by atoms with Gasteiger partial charge in [-0.3, -0.25) is 9.59 Å². The topological polar surface area (TPSA) is 52.6 Å². The Balaban J connectivity index is 2.72. The Kier molecular flexibility index (Phi) is 9.04. The van der Waals surface area contributed by atoms with E-state index in [-0.39, 0.29) is 34.5 Å². The smallest absolute Gasteiger partial charge is 0.308 e. The molecule has 0 aromatic carbocycles. The molecule has 0 aromatic rings. The molecule has 8 heteroatoms. The van der Waals surface area contributed by atoms with Gasteiger partial charge in [-0.25, -0.2) is 0 Å². The highest BCUT2D eigenvalue weighted by molar-refractivity contribution is 6.96. The Morgan fingerprint density at radius 3 is 0.900 bits per heavy atom. The number of rotatable bonds is 8. The molecule has 176 valence electrons. The van der Waals surface area contributed by atoms with Gasteiger partial charge < -0.3 is 9.47 Å². The Labute approximate surface area is 189 Å². The molecule has 4 nitrogen and oxygen atoms in total. The molecular weight excluding hydrogens is 441 g/mol. The third kappa shape index (κ3) is 8.06. The minimum Gasteiger partial charge on any atom is -0.470 e. The van der Waals surface area contributed by atoms with E-state index < -0.39 is 32.3 Å². The summed E-state index contributed by atoms with van der Waals surface area (Å²) < 4.78 is 12.3. The summed E-state index contributed by atoms with van der Waals surface area (Å²) >= 11 is 0. The van der Waals surface area contributed by atoms with E-state index in [2.05, 4.69) is 78.6 Å². The van der Waals surface area contributed by atoms with E-state index in [1.807, 2.05) is 0 Å². The van der Waals surface area contributed by atoms with Crippen LogP contribution in [0, 0.1) is 11.8 Å². The second-order valence-corrected chi connectivity index (χ2v) is 35.8. The zero-order chi connectivity index (χ0) is 23.7. The number of carbonyl (C=O) groups excluding carboxylic acids is 2. The van der Waals surface area contributed by atoms with E-state index in [1.165, 1.54) is 0 Å². The van der Waals surface area contributed by atoms with E-state index in [0.29, 0.717) is 0 Å². The number of ether oxygens (including phenoxy) is 2. The van der Waals surface area contributed by atoms with Crippen LogP contribution in [-0.2, 0) is 19.1 Å². The van der Waals surface area contributed by atoms with Crippen LogP contribution in [0.3, 0.4) is 0 Å². The minimum atomic E-state index is -1.58. The molecule has 0 aliphatic heterocycles. The molecule has 0 spiro atoms. The normalized spacial score (nSPS) is 21.7. The van der Waals surface area contributed by atoms with Crippen molar-refractivity contribution in [3.63, 3.8) is 0 Å². The van der Waals surface area contributed by atoms with Crippen molar-refractivity contribution in [3.05, 3.63) is 0 Å². The van der Waals surface area contributed by atoms with Gasteiger partial charge in [-0.1, -0.05) is 78.6 Å². The predicted octanol–water partition coefficient (Wildman–Crippen LogP) is 6.13. The van der Waals surface area contributed by atoms with Gasteiger partial charge in [0.25, 0.3) is 0 Å². The molecule has 0 atom stereocenters. The van der Waals surface area contributed by atoms with Gasteiger partial charge >= 0.3 is 11.9 Å². The summed E-state index contributed by atoms with van der Waals surface area (Å²) in [5.74, 6) is -0.180. The first-order valence-electron chi connectivity index (χ1n) is 11.7. The molecule has 0 N–H and O–H groups in total. The van der Waals surface area contributed by atoms with E-state index in [4.69, 9.17) is 9.47 Å². The average Bonchev–Trinajstić information content (AvgIpc) is 2.53. The lowest BCUT2D eigenvalue weighted by molar-refractivity contribution is -0.155. The van der Waals surface area contributed by atoms with Crippen LogP contribution in [0.1, 0.15) is 25.7 Å². The first-order valence-corrected chi connectivity index (χ1v) is 26.0. The Morgan fingerprint density at radius 2 is 0.733 bits per heavy atom. The highest BCUT2D eigenvalue weighted by atomic mass is 28.4. The zero-order valence-electron chi connectivity index (χ0n) is 21.8. The molecule has 1 aliphatic carbocycles. The van der Waals surface area contributed by atoms with Gasteiger partial charge in [0, 0.05) is 0 Å². The number of hydrogen-bond acceptors (Lipinski definition) is 4. The maximum atomic E-state index is 12.9. The third-order valence-electron chi connectivity index (χ3n) is 6.01. The molecule has 1 aliphatic rings. The van der Waals surface area contributed by atoms with Crippen LogP contribution in [0.25, 0.3) is 0 Å². The van der Waals surface area contributed by atoms with Crippen LogP contribution in [-0.4, -0.2) is 54.9 Å². The highest BCUT2D eigenvalue weighted by Gasteiger charge is 2.44. The fraction of sp³-hybridized carbons (Fsp3) is 0.909. The van der Waals surface area contributed by atoms with Crippen LogP contribution in [0.2, 0.25) is 78.6 Å². The molecule has 30 heavy (non-hydrogen) atoms. The molecule has 1 saturated carbocycles. The third-order valence-corrected chi connectivity index (χ3v) is 23.2. The Hall–Kier alpha value is -0.192. The first-order chi connectivity index (χ1) is 13.2. The van der Waals surface area contributed by atoms with Gasteiger partial charge in [0.15, 0.2) is 0 Å². The van der Waals surface area contributed by atoms with Crippen molar-refractivity contribution in [3.8, 4) is 0 Å². The molecule has 0 radical (unpaired) electrons. The van der Waals surface area contributed by atoms with Crippen LogP contribution < -0.4 is 0 Å². The molecule has 0 bridgehead atoms. The summed E-state index contributed by atoms with van der Waals surface area (Å²) in [5.41, 5.74) is 0. The van der Waals surface area contributed by atoms with Crippen molar-refractivity contribution in [2.75, 3.05) is 0 Å². The van der Waals surface area contributed by atoms with Crippen molar-refractivity contribution in [1.29, 1.82) is 0 Å². The van der Waals surface area contributed by atoms with Crippen molar-refractivity contribution >= 4 is 44.2 Å². The standard InChI is InChI=1S/C22H48O4Si4/c1-27(2,3)21(28(4,5)6)25-19(23)17-13-15-18(16-14-17)20(24)26-22(29(7,8)9)30(10,11)12/h17-18,21-22H,13-16H2,1-12H3. The Bertz CT molecular complexity index is 519. The van der Waals surface area contributed by atoms with Gasteiger partial charge in [-0.05, 0) is 25.7 Å². The Morgan fingerprint density at radius 1 is 0.533 bits per heavy atom. The van der Waals surface area contributed by atoms with E-state index in [9.17, 15) is 9.59 Å². The van der Waals surface area contributed by atoms with E-state index in [0.717, 1.165) is 25.7 Å². The molecule has 1 rings (SSSR count). The second kappa shape index (κ2) is 9.75. The van der Waals surface area contributed by atoms with Gasteiger partial charge in [0.1, 0.15) is 0 Å². The van der Waals surface area contributed by atoms with Crippen LogP contribution >= 0.6 is 0 Å². The second-order valence-electron chi connectivity index (χ2n) is 13.6. The number of esters is 2. The molecule has 0 saturated heterocycles. The minimum absolute atomic E-state index is 0.0289. The summed E-state index contributed by atoms with van der Waals surface area (Å²) in [4.78, 5) is 25.9. The summed E-state index contributed by atoms with van der Waals surface area (Å²) in [6.07, 6.45) is 2.97. The largest absolute Gasteiger partial charge is 0.470 e. The lowest BCUT2D eigenvalue weighted by Gasteiger charge is -2.40. The highest BCUT2D eigenvalue weighted by Crippen LogP contribution is 2.33. The van der Waals surface area contributed by atoms with E-state index >= 15 is 0 Å². The van der Waals surface area contributed by atoms with Crippen LogP contribution in [0.5, 0.6) is 0 Å². The zero-order valence-corrected chi connectivity index (χ0v) is 25.8. The molecular formula is C22H48O4Si4. The van der Waals surface area contributed by atoms with Gasteiger partial charge in [0.05, 0.1) is 54.8 Å². The fourth-order valence-electron chi connectivity index (χ4n) is 5.29. The average molecular weight is 489 g/mol. The van der Waals surface area contributed by atoms with Crippen molar-refractivity contribution < 1.29 is 19.1 Å². The molecule has 0 heterocycles. The van der Waals surface area contributed by atoms with Crippen molar-refractivity contribution in [2.24, 2.45) is 11.8 Å². The lowest BCUT2D eigenvalue weighted by Crippen LogP contribution is -2.57. The maximum absolute atomic E-state index is 12.9. The number of carbonyl (C=O) groups is 2. The summed E-state index contributed by atoms with van der Waals surface area (Å²) in [6, 6.07) is 0. The summed E-state index contributed by atoms with van der Waals surface area (Å²) in [7, 11) is -6.33. The van der Waals surface area contributed by atoms with Gasteiger partial charge in [-0.15, -0.1) is 0 Å². The van der Waals surface area contributed by atoms with Gasteiger partial charge in [-0.2, -0.15) is 0 Å². The number of hydrogen-bond donors (Lipinski definition) is 0. The molecule has 0 aromatic heterocycles. The maximum Gasteiger partial charge on any atom is 0.308 e. The van der Waals surface area contributed by atoms with Crippen molar-refractivity contribution in [1.82, 2.24) is 0 Å². The summed E-state index contributed by atoms with van der Waals surface area (Å²) in [6.45, 7) is 27.5. The molecule has 1 fully saturated rings. The fourth-order valence-corrected chi connectivity index (χ4v) is 28.0. The van der Waals surface area contributed by atoms with E-state index in [1.54, 1.807) is 0 Å². The predicted molar refractivity (Wildman–Crippen MR) is 139 cm³/mol. The first kappa shape index (κ1) is 27.8. The SMILES string of the molecule is C[Si](C)(C)C(OC(=O)C1CCC(C(=O)OC([Si](C)(C)C)[Si](C)(C)C)CC1)[Si](C)(C)C. The van der Waals surface area contributed by atoms with Crippen molar-refractivity contribution in [2.45, 2.75) is 115 Å². The lowest BCUT2D eigenvalue weighted by atomic mass is 9.82. The molecule has 0 unspecified atom stereocenters. The van der Waals surface area contributed by atoms with Crippen LogP contribution in [0.4, 0.5) is 0 Å². The monoisotopic (exact) mass is 488 g/mol. The van der Waals surface area contributed by atoms with Crippen LogP contribution in [0.15, 0.2) is 0 Å². The summed E-state index contributed by atoms with van der Waals surface area (Å²) in [5, 5.41) is 0.267. The quantitative estimate of drug-likeness (QED) is 0.305.